The lowest BCUT2D eigenvalue weighted by Crippen LogP contribution is -2.46. The third kappa shape index (κ3) is 3.89. The Hall–Kier alpha value is -2.25. The predicted molar refractivity (Wildman–Crippen MR) is 101 cm³/mol. The van der Waals surface area contributed by atoms with Crippen molar-refractivity contribution < 1.29 is 9.90 Å². The van der Waals surface area contributed by atoms with Gasteiger partial charge < -0.3 is 10.0 Å². The number of amides is 1. The zero-order valence-corrected chi connectivity index (χ0v) is 15.8. The second-order valence-electron chi connectivity index (χ2n) is 7.54. The molecule has 1 saturated heterocycles. The van der Waals surface area contributed by atoms with Gasteiger partial charge in [0.1, 0.15) is 0 Å². The van der Waals surface area contributed by atoms with Gasteiger partial charge in [-0.05, 0) is 44.4 Å². The molecule has 1 N–H and O–H groups in total. The molecule has 2 aromatic heterocycles. The van der Waals surface area contributed by atoms with Gasteiger partial charge in [0.15, 0.2) is 0 Å². The molecule has 27 heavy (non-hydrogen) atoms. The summed E-state index contributed by atoms with van der Waals surface area (Å²) in [5.41, 5.74) is 2.65. The molecular formula is C20H27N5O2. The SMILES string of the molecule is CC(O)c1cc2n(n1)CCCN(C1CCN(C(=O)c3ccncc3)CC1)C2. The molecule has 0 saturated carbocycles. The van der Waals surface area contributed by atoms with Crippen molar-refractivity contribution in [1.82, 2.24) is 24.6 Å². The molecule has 1 amide bonds. The van der Waals surface area contributed by atoms with Crippen molar-refractivity contribution in [3.63, 3.8) is 0 Å². The highest BCUT2D eigenvalue weighted by atomic mass is 16.3. The normalized spacial score (nSPS) is 20.1. The van der Waals surface area contributed by atoms with E-state index in [4.69, 9.17) is 0 Å². The molecule has 1 atom stereocenters. The van der Waals surface area contributed by atoms with Gasteiger partial charge in [0.2, 0.25) is 0 Å². The van der Waals surface area contributed by atoms with Crippen LogP contribution in [0.15, 0.2) is 30.6 Å². The maximum atomic E-state index is 12.6. The second-order valence-corrected chi connectivity index (χ2v) is 7.54. The molecule has 2 aromatic rings. The highest BCUT2D eigenvalue weighted by molar-refractivity contribution is 5.94. The first-order valence-corrected chi connectivity index (χ1v) is 9.80. The lowest BCUT2D eigenvalue weighted by molar-refractivity contribution is 0.0609. The number of nitrogens with zero attached hydrogens (tertiary/aromatic N) is 5. The van der Waals surface area contributed by atoms with Crippen LogP contribution < -0.4 is 0 Å². The minimum Gasteiger partial charge on any atom is -0.387 e. The van der Waals surface area contributed by atoms with Crippen molar-refractivity contribution in [2.75, 3.05) is 19.6 Å². The molecule has 7 nitrogen and oxygen atoms in total. The van der Waals surface area contributed by atoms with Crippen LogP contribution in [0.4, 0.5) is 0 Å². The number of piperidine rings is 1. The van der Waals surface area contributed by atoms with Crippen LogP contribution in [0, 0.1) is 0 Å². The maximum Gasteiger partial charge on any atom is 0.253 e. The van der Waals surface area contributed by atoms with Gasteiger partial charge in [-0.2, -0.15) is 5.10 Å². The van der Waals surface area contributed by atoms with E-state index in [2.05, 4.69) is 15.0 Å². The van der Waals surface area contributed by atoms with E-state index in [1.54, 1.807) is 31.5 Å². The fourth-order valence-electron chi connectivity index (χ4n) is 4.14. The van der Waals surface area contributed by atoms with E-state index in [1.165, 1.54) is 5.69 Å². The van der Waals surface area contributed by atoms with Crippen LogP contribution in [0.3, 0.4) is 0 Å². The molecule has 2 aliphatic rings. The number of carbonyl (C=O) groups excluding carboxylic acids is 1. The van der Waals surface area contributed by atoms with E-state index in [1.807, 2.05) is 15.6 Å². The number of aromatic nitrogens is 3. The molecule has 0 bridgehead atoms. The molecule has 1 fully saturated rings. The monoisotopic (exact) mass is 369 g/mol. The minimum atomic E-state index is -0.527. The Balaban J connectivity index is 1.38. The fourth-order valence-corrected chi connectivity index (χ4v) is 4.14. The van der Waals surface area contributed by atoms with Crippen LogP contribution in [0.25, 0.3) is 0 Å². The summed E-state index contributed by atoms with van der Waals surface area (Å²) in [4.78, 5) is 21.1. The first-order valence-electron chi connectivity index (χ1n) is 9.80. The topological polar surface area (TPSA) is 74.5 Å². The van der Waals surface area contributed by atoms with Gasteiger partial charge in [-0.25, -0.2) is 0 Å². The van der Waals surface area contributed by atoms with Gasteiger partial charge in [0.05, 0.1) is 17.5 Å². The van der Waals surface area contributed by atoms with Crippen molar-refractivity contribution in [1.29, 1.82) is 0 Å². The van der Waals surface area contributed by atoms with Gasteiger partial charge in [-0.1, -0.05) is 0 Å². The largest absolute Gasteiger partial charge is 0.387 e. The van der Waals surface area contributed by atoms with Crippen LogP contribution >= 0.6 is 0 Å². The Morgan fingerprint density at radius 2 is 1.93 bits per heavy atom. The Kier molecular flexibility index (Phi) is 5.22. The molecule has 0 aliphatic carbocycles. The second kappa shape index (κ2) is 7.78. The van der Waals surface area contributed by atoms with E-state index in [-0.39, 0.29) is 5.91 Å². The minimum absolute atomic E-state index is 0.103. The van der Waals surface area contributed by atoms with Crippen LogP contribution in [-0.4, -0.2) is 61.3 Å². The molecule has 144 valence electrons. The molecule has 4 heterocycles. The lowest BCUT2D eigenvalue weighted by atomic mass is 10.0. The summed E-state index contributed by atoms with van der Waals surface area (Å²) < 4.78 is 2.05. The van der Waals surface area contributed by atoms with Crippen molar-refractivity contribution in [3.05, 3.63) is 47.5 Å². The summed E-state index contributed by atoms with van der Waals surface area (Å²) in [5, 5.41) is 14.3. The third-order valence-electron chi connectivity index (χ3n) is 5.69. The number of fused-ring (bicyclic) bond motifs is 1. The highest BCUT2D eigenvalue weighted by Crippen LogP contribution is 2.24. The molecule has 0 aromatic carbocycles. The van der Waals surface area contributed by atoms with Gasteiger partial charge in [0.25, 0.3) is 5.91 Å². The van der Waals surface area contributed by atoms with Crippen molar-refractivity contribution >= 4 is 5.91 Å². The molecule has 2 aliphatic heterocycles. The van der Waals surface area contributed by atoms with Gasteiger partial charge in [0, 0.05) is 56.7 Å². The van der Waals surface area contributed by atoms with E-state index < -0.39 is 6.10 Å². The number of hydrogen-bond donors (Lipinski definition) is 1. The van der Waals surface area contributed by atoms with E-state index >= 15 is 0 Å². The van der Waals surface area contributed by atoms with E-state index in [0.717, 1.165) is 57.7 Å². The molecule has 7 heteroatoms. The number of rotatable bonds is 3. The molecule has 4 rings (SSSR count). The smallest absolute Gasteiger partial charge is 0.253 e. The van der Waals surface area contributed by atoms with Crippen molar-refractivity contribution in [3.8, 4) is 0 Å². The number of aliphatic hydroxyl groups excluding tert-OH is 1. The summed E-state index contributed by atoms with van der Waals surface area (Å²) >= 11 is 0. The lowest BCUT2D eigenvalue weighted by Gasteiger charge is -2.38. The zero-order valence-electron chi connectivity index (χ0n) is 15.8. The first-order chi connectivity index (χ1) is 13.1. The number of aliphatic hydroxyl groups is 1. The Bertz CT molecular complexity index is 781. The fraction of sp³-hybridized carbons (Fsp3) is 0.550. The molecule has 0 radical (unpaired) electrons. The quantitative estimate of drug-likeness (QED) is 0.894. The summed E-state index contributed by atoms with van der Waals surface area (Å²) in [6, 6.07) is 6.09. The van der Waals surface area contributed by atoms with Crippen LogP contribution in [0.1, 0.15) is 54.0 Å². The van der Waals surface area contributed by atoms with Gasteiger partial charge >= 0.3 is 0 Å². The summed E-state index contributed by atoms with van der Waals surface area (Å²) in [6.07, 6.45) is 5.86. The Morgan fingerprint density at radius 3 is 2.63 bits per heavy atom. The number of pyridine rings is 1. The average Bonchev–Trinajstić information content (AvgIpc) is 3.00. The van der Waals surface area contributed by atoms with E-state index in [0.29, 0.717) is 11.6 Å². The number of carbonyl (C=O) groups is 1. The molecule has 1 unspecified atom stereocenters. The predicted octanol–water partition coefficient (Wildman–Crippen LogP) is 1.84. The third-order valence-corrected chi connectivity index (χ3v) is 5.69. The van der Waals surface area contributed by atoms with Crippen LogP contribution in [0.5, 0.6) is 0 Å². The summed E-state index contributed by atoms with van der Waals surface area (Å²) in [7, 11) is 0. The zero-order chi connectivity index (χ0) is 18.8. The standard InChI is InChI=1S/C20H27N5O2/c1-15(26)19-13-18-14-24(9-2-10-25(18)22-19)17-5-11-23(12-6-17)20(27)16-3-7-21-8-4-16/h3-4,7-8,13,15,17,26H,2,5-6,9-12,14H2,1H3. The maximum absolute atomic E-state index is 12.6. The number of likely N-dealkylation sites (tertiary alicyclic amines) is 1. The average molecular weight is 369 g/mol. The van der Waals surface area contributed by atoms with Crippen molar-refractivity contribution in [2.45, 2.75) is 51.4 Å². The molecule has 0 spiro atoms. The van der Waals surface area contributed by atoms with Gasteiger partial charge in [-0.15, -0.1) is 0 Å². The van der Waals surface area contributed by atoms with E-state index in [9.17, 15) is 9.90 Å². The van der Waals surface area contributed by atoms with Crippen LogP contribution in [0.2, 0.25) is 0 Å². The molecular weight excluding hydrogens is 342 g/mol. The first kappa shape index (κ1) is 18.1. The van der Waals surface area contributed by atoms with Crippen LogP contribution in [-0.2, 0) is 13.1 Å². The number of aryl methyl sites for hydroxylation is 1. The summed E-state index contributed by atoms with van der Waals surface area (Å²) in [5.74, 6) is 0.103. The summed E-state index contributed by atoms with van der Waals surface area (Å²) in [6.45, 7) is 6.16. The van der Waals surface area contributed by atoms with Crippen molar-refractivity contribution in [2.24, 2.45) is 0 Å². The highest BCUT2D eigenvalue weighted by Gasteiger charge is 2.29. The number of hydrogen-bond acceptors (Lipinski definition) is 5. The Labute approximate surface area is 159 Å². The Morgan fingerprint density at radius 1 is 1.19 bits per heavy atom. The van der Waals surface area contributed by atoms with Gasteiger partial charge in [-0.3, -0.25) is 19.4 Å².